The lowest BCUT2D eigenvalue weighted by atomic mass is 10.1. The van der Waals surface area contributed by atoms with Gasteiger partial charge in [-0.25, -0.2) is 8.78 Å². The van der Waals surface area contributed by atoms with Crippen LogP contribution in [0.15, 0.2) is 40.9 Å². The Morgan fingerprint density at radius 3 is 2.44 bits per heavy atom. The molecule has 0 amide bonds. The first kappa shape index (κ1) is 13.0. The third-order valence-electron chi connectivity index (χ3n) is 2.72. The molecule has 0 aliphatic carbocycles. The Morgan fingerprint density at radius 2 is 1.78 bits per heavy atom. The molecule has 2 aromatic carbocycles. The maximum atomic E-state index is 13.4. The van der Waals surface area contributed by atoms with Gasteiger partial charge in [-0.15, -0.1) is 0 Å². The summed E-state index contributed by atoms with van der Waals surface area (Å²) in [6.45, 7) is 2.06. The standard InChI is InChI=1S/C14H12BrF2N/c1-9-5-6-10(15)7-14(9)18-8-11-12(16)3-2-4-13(11)17/h2-7,18H,8H2,1H3. The average molecular weight is 312 g/mol. The SMILES string of the molecule is Cc1ccc(Br)cc1NCc1c(F)cccc1F. The number of halogens is 3. The summed E-state index contributed by atoms with van der Waals surface area (Å²) < 4.78 is 27.8. The van der Waals surface area contributed by atoms with E-state index in [1.54, 1.807) is 0 Å². The highest BCUT2D eigenvalue weighted by Gasteiger charge is 2.08. The maximum Gasteiger partial charge on any atom is 0.131 e. The van der Waals surface area contributed by atoms with Crippen molar-refractivity contribution in [2.75, 3.05) is 5.32 Å². The number of hydrogen-bond donors (Lipinski definition) is 1. The van der Waals surface area contributed by atoms with E-state index in [2.05, 4.69) is 21.2 Å². The van der Waals surface area contributed by atoms with Crippen LogP contribution in [0.5, 0.6) is 0 Å². The van der Waals surface area contributed by atoms with Crippen molar-refractivity contribution in [1.29, 1.82) is 0 Å². The summed E-state index contributed by atoms with van der Waals surface area (Å²) in [5.74, 6) is -1.06. The molecule has 0 aliphatic rings. The number of rotatable bonds is 3. The molecule has 0 fully saturated rings. The fourth-order valence-electron chi connectivity index (χ4n) is 1.67. The Kier molecular flexibility index (Phi) is 3.97. The highest BCUT2D eigenvalue weighted by atomic mass is 79.9. The van der Waals surface area contributed by atoms with Gasteiger partial charge in [-0.3, -0.25) is 0 Å². The number of nitrogens with one attached hydrogen (secondary N) is 1. The predicted molar refractivity (Wildman–Crippen MR) is 72.6 cm³/mol. The summed E-state index contributed by atoms with van der Waals surface area (Å²) >= 11 is 3.36. The summed E-state index contributed by atoms with van der Waals surface area (Å²) in [4.78, 5) is 0. The minimum atomic E-state index is -0.532. The molecule has 0 spiro atoms. The van der Waals surface area contributed by atoms with E-state index in [-0.39, 0.29) is 12.1 Å². The van der Waals surface area contributed by atoms with Gasteiger partial charge >= 0.3 is 0 Å². The second kappa shape index (κ2) is 5.48. The molecule has 1 nitrogen and oxygen atoms in total. The smallest absolute Gasteiger partial charge is 0.131 e. The molecule has 18 heavy (non-hydrogen) atoms. The zero-order valence-electron chi connectivity index (χ0n) is 9.81. The molecule has 0 atom stereocenters. The van der Waals surface area contributed by atoms with Crippen LogP contribution in [0.1, 0.15) is 11.1 Å². The van der Waals surface area contributed by atoms with Crippen LogP contribution in [0.2, 0.25) is 0 Å². The van der Waals surface area contributed by atoms with Crippen LogP contribution in [-0.4, -0.2) is 0 Å². The van der Waals surface area contributed by atoms with Gasteiger partial charge in [-0.05, 0) is 36.8 Å². The monoisotopic (exact) mass is 311 g/mol. The van der Waals surface area contributed by atoms with E-state index in [1.807, 2.05) is 25.1 Å². The molecule has 0 saturated heterocycles. The van der Waals surface area contributed by atoms with E-state index in [0.29, 0.717) is 0 Å². The Bertz CT molecular complexity index is 549. The third kappa shape index (κ3) is 2.88. The lowest BCUT2D eigenvalue weighted by Gasteiger charge is -2.11. The average Bonchev–Trinajstić information content (AvgIpc) is 2.33. The van der Waals surface area contributed by atoms with Gasteiger partial charge in [0, 0.05) is 22.3 Å². The van der Waals surface area contributed by atoms with Gasteiger partial charge in [-0.1, -0.05) is 28.1 Å². The van der Waals surface area contributed by atoms with Crippen LogP contribution in [0, 0.1) is 18.6 Å². The van der Waals surface area contributed by atoms with Gasteiger partial charge in [0.05, 0.1) is 0 Å². The summed E-state index contributed by atoms with van der Waals surface area (Å²) in [6, 6.07) is 9.61. The molecular weight excluding hydrogens is 300 g/mol. The number of benzene rings is 2. The van der Waals surface area contributed by atoms with E-state index in [0.717, 1.165) is 15.7 Å². The van der Waals surface area contributed by atoms with Gasteiger partial charge in [0.15, 0.2) is 0 Å². The van der Waals surface area contributed by atoms with E-state index >= 15 is 0 Å². The molecule has 0 aliphatic heterocycles. The number of aryl methyl sites for hydroxylation is 1. The van der Waals surface area contributed by atoms with Gasteiger partial charge in [0.2, 0.25) is 0 Å². The van der Waals surface area contributed by atoms with E-state index < -0.39 is 11.6 Å². The van der Waals surface area contributed by atoms with E-state index in [1.165, 1.54) is 18.2 Å². The fraction of sp³-hybridized carbons (Fsp3) is 0.143. The van der Waals surface area contributed by atoms with Crippen LogP contribution in [-0.2, 0) is 6.54 Å². The molecule has 94 valence electrons. The maximum absolute atomic E-state index is 13.4. The minimum Gasteiger partial charge on any atom is -0.380 e. The van der Waals surface area contributed by atoms with Crippen LogP contribution in [0.3, 0.4) is 0 Å². The highest BCUT2D eigenvalue weighted by molar-refractivity contribution is 9.10. The fourth-order valence-corrected chi connectivity index (χ4v) is 2.03. The van der Waals surface area contributed by atoms with Gasteiger partial charge in [0.25, 0.3) is 0 Å². The van der Waals surface area contributed by atoms with E-state index in [9.17, 15) is 8.78 Å². The minimum absolute atomic E-state index is 0.0527. The summed E-state index contributed by atoms with van der Waals surface area (Å²) in [7, 11) is 0. The first-order valence-corrected chi connectivity index (χ1v) is 6.30. The lowest BCUT2D eigenvalue weighted by molar-refractivity contribution is 0.560. The van der Waals surface area contributed by atoms with Crippen molar-refractivity contribution in [3.05, 3.63) is 63.6 Å². The largest absolute Gasteiger partial charge is 0.380 e. The quantitative estimate of drug-likeness (QED) is 0.870. The first-order chi connectivity index (χ1) is 8.58. The Hall–Kier alpha value is -1.42. The number of anilines is 1. The first-order valence-electron chi connectivity index (χ1n) is 5.51. The topological polar surface area (TPSA) is 12.0 Å². The van der Waals surface area contributed by atoms with Crippen molar-refractivity contribution in [2.24, 2.45) is 0 Å². The normalized spacial score (nSPS) is 10.4. The van der Waals surface area contributed by atoms with Crippen molar-refractivity contribution in [2.45, 2.75) is 13.5 Å². The molecule has 0 heterocycles. The van der Waals surface area contributed by atoms with Crippen molar-refractivity contribution in [1.82, 2.24) is 0 Å². The molecule has 0 radical (unpaired) electrons. The zero-order chi connectivity index (χ0) is 13.1. The van der Waals surface area contributed by atoms with Crippen LogP contribution >= 0.6 is 15.9 Å². The van der Waals surface area contributed by atoms with Crippen LogP contribution in [0.25, 0.3) is 0 Å². The predicted octanol–water partition coefficient (Wildman–Crippen LogP) is 4.65. The molecule has 2 aromatic rings. The van der Waals surface area contributed by atoms with Crippen LogP contribution < -0.4 is 5.32 Å². The lowest BCUT2D eigenvalue weighted by Crippen LogP contribution is -2.05. The van der Waals surface area contributed by atoms with Gasteiger partial charge in [-0.2, -0.15) is 0 Å². The molecule has 0 aromatic heterocycles. The molecule has 0 saturated carbocycles. The Morgan fingerprint density at radius 1 is 1.11 bits per heavy atom. The zero-order valence-corrected chi connectivity index (χ0v) is 11.4. The van der Waals surface area contributed by atoms with Gasteiger partial charge < -0.3 is 5.32 Å². The van der Waals surface area contributed by atoms with Crippen molar-refractivity contribution in [3.63, 3.8) is 0 Å². The summed E-state index contributed by atoms with van der Waals surface area (Å²) in [5.41, 5.74) is 1.93. The van der Waals surface area contributed by atoms with Crippen molar-refractivity contribution >= 4 is 21.6 Å². The van der Waals surface area contributed by atoms with Gasteiger partial charge in [0.1, 0.15) is 11.6 Å². The van der Waals surface area contributed by atoms with Crippen LogP contribution in [0.4, 0.5) is 14.5 Å². The summed E-state index contributed by atoms with van der Waals surface area (Å²) in [5, 5.41) is 3.04. The molecule has 0 bridgehead atoms. The molecular formula is C14H12BrF2N. The molecule has 0 unspecified atom stereocenters. The molecule has 4 heteroatoms. The van der Waals surface area contributed by atoms with Crippen molar-refractivity contribution in [3.8, 4) is 0 Å². The second-order valence-corrected chi connectivity index (χ2v) is 4.93. The molecule has 2 rings (SSSR count). The number of hydrogen-bond acceptors (Lipinski definition) is 1. The second-order valence-electron chi connectivity index (χ2n) is 4.01. The Labute approximate surface area is 113 Å². The third-order valence-corrected chi connectivity index (χ3v) is 3.21. The van der Waals surface area contributed by atoms with Crippen molar-refractivity contribution < 1.29 is 8.78 Å². The summed E-state index contributed by atoms with van der Waals surface area (Å²) in [6.07, 6.45) is 0. The molecule has 1 N–H and O–H groups in total. The van der Waals surface area contributed by atoms with E-state index in [4.69, 9.17) is 0 Å². The highest BCUT2D eigenvalue weighted by Crippen LogP contribution is 2.22. The Balaban J connectivity index is 2.19.